The molecule has 0 aromatic heterocycles. The highest BCUT2D eigenvalue weighted by atomic mass is 16.7. The summed E-state index contributed by atoms with van der Waals surface area (Å²) in [5.74, 6) is -2.76. The summed E-state index contributed by atoms with van der Waals surface area (Å²) in [7, 11) is 0. The quantitative estimate of drug-likeness (QED) is 0.617. The van der Waals surface area contributed by atoms with E-state index in [4.69, 9.17) is 9.47 Å². The van der Waals surface area contributed by atoms with Crippen LogP contribution < -0.4 is 0 Å². The minimum absolute atomic E-state index is 0.116. The summed E-state index contributed by atoms with van der Waals surface area (Å²) in [5, 5.41) is 0. The Morgan fingerprint density at radius 3 is 1.96 bits per heavy atom. The van der Waals surface area contributed by atoms with Crippen molar-refractivity contribution >= 4 is 29.1 Å². The third kappa shape index (κ3) is 3.38. The summed E-state index contributed by atoms with van der Waals surface area (Å²) < 4.78 is 10.7. The molecule has 0 atom stereocenters. The number of nitrogens with zero attached hydrogens (tertiary/aromatic N) is 1. The lowest BCUT2D eigenvalue weighted by Crippen LogP contribution is -2.48. The number of aliphatic imine (C=N–C) groups is 1. The van der Waals surface area contributed by atoms with Crippen LogP contribution in [0.15, 0.2) is 59.6 Å². The first-order chi connectivity index (χ1) is 13.1. The van der Waals surface area contributed by atoms with E-state index in [2.05, 4.69) is 4.99 Å². The van der Waals surface area contributed by atoms with Gasteiger partial charge >= 0.3 is 11.9 Å². The van der Waals surface area contributed by atoms with Crippen LogP contribution in [0.4, 0.5) is 5.69 Å². The molecule has 4 rings (SSSR count). The van der Waals surface area contributed by atoms with Crippen molar-refractivity contribution in [3.05, 3.63) is 65.7 Å². The molecular weight excluding hydrogens is 346 g/mol. The average molecular weight is 363 g/mol. The van der Waals surface area contributed by atoms with Gasteiger partial charge in [0.2, 0.25) is 5.71 Å². The van der Waals surface area contributed by atoms with Gasteiger partial charge < -0.3 is 9.47 Å². The third-order valence-electron chi connectivity index (χ3n) is 4.72. The van der Waals surface area contributed by atoms with Gasteiger partial charge in [0.1, 0.15) is 0 Å². The van der Waals surface area contributed by atoms with Crippen LogP contribution in [0.5, 0.6) is 0 Å². The first-order valence-corrected chi connectivity index (χ1v) is 8.82. The van der Waals surface area contributed by atoms with Crippen LogP contribution in [-0.2, 0) is 19.1 Å². The van der Waals surface area contributed by atoms with E-state index < -0.39 is 17.7 Å². The molecule has 0 amide bonds. The van der Waals surface area contributed by atoms with Gasteiger partial charge in [0.05, 0.1) is 5.69 Å². The average Bonchev–Trinajstić information content (AvgIpc) is 3.13. The van der Waals surface area contributed by atoms with E-state index >= 15 is 0 Å². The number of benzene rings is 2. The highest BCUT2D eigenvalue weighted by Gasteiger charge is 2.48. The lowest BCUT2D eigenvalue weighted by Gasteiger charge is -2.32. The number of carbonyl (C=O) groups is 3. The first kappa shape index (κ1) is 17.1. The van der Waals surface area contributed by atoms with Crippen LogP contribution >= 0.6 is 0 Å². The number of rotatable bonds is 3. The Hall–Kier alpha value is -3.28. The van der Waals surface area contributed by atoms with Gasteiger partial charge in [-0.3, -0.25) is 4.79 Å². The zero-order valence-electron chi connectivity index (χ0n) is 14.5. The van der Waals surface area contributed by atoms with E-state index in [-0.39, 0.29) is 11.5 Å². The summed E-state index contributed by atoms with van der Waals surface area (Å²) in [6, 6.07) is 15.3. The van der Waals surface area contributed by atoms with Crippen molar-refractivity contribution in [1.82, 2.24) is 0 Å². The fourth-order valence-corrected chi connectivity index (χ4v) is 3.32. The van der Waals surface area contributed by atoms with Crippen LogP contribution in [0.2, 0.25) is 0 Å². The van der Waals surface area contributed by atoms with Gasteiger partial charge in [0.25, 0.3) is 5.79 Å². The maximum Gasteiger partial charge on any atom is 0.367 e. The normalized spacial score (nSPS) is 18.1. The molecule has 1 spiro atoms. The number of ether oxygens (including phenoxy) is 2. The molecule has 2 fully saturated rings. The van der Waals surface area contributed by atoms with Crippen molar-refractivity contribution in [3.63, 3.8) is 0 Å². The summed E-state index contributed by atoms with van der Waals surface area (Å²) in [6.07, 6.45) is 2.75. The summed E-state index contributed by atoms with van der Waals surface area (Å²) >= 11 is 0. The molecule has 1 aliphatic heterocycles. The molecular formula is C21H17NO5. The zero-order chi connectivity index (χ0) is 18.9. The molecule has 1 aliphatic carbocycles. The predicted molar refractivity (Wildman–Crippen MR) is 96.8 cm³/mol. The second kappa shape index (κ2) is 6.79. The maximum absolute atomic E-state index is 12.4. The second-order valence-corrected chi connectivity index (χ2v) is 6.60. The van der Waals surface area contributed by atoms with Gasteiger partial charge in [0, 0.05) is 24.0 Å². The van der Waals surface area contributed by atoms with Crippen LogP contribution in [0.1, 0.15) is 41.6 Å². The van der Waals surface area contributed by atoms with E-state index in [1.54, 1.807) is 48.5 Å². The van der Waals surface area contributed by atoms with E-state index in [0.717, 1.165) is 12.8 Å². The van der Waals surface area contributed by atoms with Crippen molar-refractivity contribution < 1.29 is 23.9 Å². The molecule has 0 N–H and O–H groups in total. The fourth-order valence-electron chi connectivity index (χ4n) is 3.32. The first-order valence-electron chi connectivity index (χ1n) is 8.82. The van der Waals surface area contributed by atoms with Crippen molar-refractivity contribution in [3.8, 4) is 0 Å². The van der Waals surface area contributed by atoms with E-state index in [1.165, 1.54) is 0 Å². The molecule has 2 aromatic rings. The minimum atomic E-state index is -1.11. The van der Waals surface area contributed by atoms with Crippen LogP contribution in [0.3, 0.4) is 0 Å². The Balaban J connectivity index is 1.53. The third-order valence-corrected chi connectivity index (χ3v) is 4.72. The number of ketones is 1. The maximum atomic E-state index is 12.4. The number of esters is 2. The number of carbonyl (C=O) groups excluding carboxylic acids is 3. The predicted octanol–water partition coefficient (Wildman–Crippen LogP) is 3.36. The smallest absolute Gasteiger partial charge is 0.367 e. The molecule has 1 saturated carbocycles. The Morgan fingerprint density at radius 2 is 1.37 bits per heavy atom. The van der Waals surface area contributed by atoms with Crippen LogP contribution in [-0.4, -0.2) is 29.2 Å². The molecule has 6 nitrogen and oxygen atoms in total. The molecule has 27 heavy (non-hydrogen) atoms. The second-order valence-electron chi connectivity index (χ2n) is 6.60. The minimum Gasteiger partial charge on any atom is -0.418 e. The molecule has 6 heteroatoms. The molecule has 1 saturated heterocycles. The van der Waals surface area contributed by atoms with Gasteiger partial charge in [-0.05, 0) is 37.1 Å². The Morgan fingerprint density at radius 1 is 0.815 bits per heavy atom. The molecule has 2 aliphatic rings. The molecule has 1 heterocycles. The zero-order valence-corrected chi connectivity index (χ0v) is 14.5. The number of hydrogen-bond donors (Lipinski definition) is 0. The van der Waals surface area contributed by atoms with Gasteiger partial charge in [-0.15, -0.1) is 0 Å². The van der Waals surface area contributed by atoms with Gasteiger partial charge in [-0.25, -0.2) is 14.6 Å². The monoisotopic (exact) mass is 363 g/mol. The highest BCUT2D eigenvalue weighted by molar-refractivity contribution is 6.63. The van der Waals surface area contributed by atoms with Gasteiger partial charge in [-0.2, -0.15) is 0 Å². The summed E-state index contributed by atoms with van der Waals surface area (Å²) in [5.41, 5.74) is 1.06. The Labute approximate surface area is 155 Å². The topological polar surface area (TPSA) is 82.0 Å². The molecule has 0 unspecified atom stereocenters. The largest absolute Gasteiger partial charge is 0.418 e. The van der Waals surface area contributed by atoms with Crippen molar-refractivity contribution in [1.29, 1.82) is 0 Å². The van der Waals surface area contributed by atoms with E-state index in [9.17, 15) is 14.4 Å². The standard InChI is InChI=1S/C21H17NO5/c23-18(14-6-2-1-3-7-14)15-8-10-16(11-9-15)22-17-19(24)26-21(27-20(17)25)12-4-5-13-21/h1-3,6-11H,4-5,12-13H2. The van der Waals surface area contributed by atoms with Gasteiger partial charge in [0.15, 0.2) is 5.78 Å². The molecule has 136 valence electrons. The van der Waals surface area contributed by atoms with Crippen LogP contribution in [0.25, 0.3) is 0 Å². The molecule has 0 radical (unpaired) electrons. The SMILES string of the molecule is O=C1OC2(CCCC2)OC(=O)C1=Nc1ccc(C(=O)c2ccccc2)cc1. The van der Waals surface area contributed by atoms with Crippen molar-refractivity contribution in [2.75, 3.05) is 0 Å². The molecule has 2 aromatic carbocycles. The Kier molecular flexibility index (Phi) is 4.32. The van der Waals surface area contributed by atoms with E-state index in [0.29, 0.717) is 29.7 Å². The lowest BCUT2D eigenvalue weighted by molar-refractivity contribution is -0.225. The van der Waals surface area contributed by atoms with E-state index in [1.807, 2.05) is 6.07 Å². The molecule has 0 bridgehead atoms. The van der Waals surface area contributed by atoms with Crippen molar-refractivity contribution in [2.45, 2.75) is 31.5 Å². The summed E-state index contributed by atoms with van der Waals surface area (Å²) in [4.78, 5) is 40.9. The lowest BCUT2D eigenvalue weighted by atomic mass is 10.0. The summed E-state index contributed by atoms with van der Waals surface area (Å²) in [6.45, 7) is 0. The van der Waals surface area contributed by atoms with Crippen molar-refractivity contribution in [2.24, 2.45) is 4.99 Å². The fraction of sp³-hybridized carbons (Fsp3) is 0.238. The Bertz CT molecular complexity index is 903. The number of hydrogen-bond acceptors (Lipinski definition) is 6. The highest BCUT2D eigenvalue weighted by Crippen LogP contribution is 2.37. The van der Waals surface area contributed by atoms with Crippen LogP contribution in [0, 0.1) is 0 Å². The van der Waals surface area contributed by atoms with Gasteiger partial charge in [-0.1, -0.05) is 30.3 Å².